The van der Waals surface area contributed by atoms with Gasteiger partial charge in [0.2, 0.25) is 0 Å². The number of nitrogens with zero attached hydrogens (tertiary/aromatic N) is 2. The minimum Gasteiger partial charge on any atom is -0.368 e. The van der Waals surface area contributed by atoms with E-state index in [1.54, 1.807) is 0 Å². The third-order valence-corrected chi connectivity index (χ3v) is 9.98. The molecule has 4 rings (SSSR count). The van der Waals surface area contributed by atoms with Gasteiger partial charge in [-0.15, -0.1) is 0 Å². The molecule has 1 saturated carbocycles. The Morgan fingerprint density at radius 3 is 2.68 bits per heavy atom. The van der Waals surface area contributed by atoms with Gasteiger partial charge in [-0.05, 0) is 89.3 Å². The minimum absolute atomic E-state index is 0.154. The Morgan fingerprint density at radius 1 is 1.22 bits per heavy atom. The average molecular weight is 584 g/mol. The molecule has 2 aromatic rings. The maximum atomic E-state index is 8.04. The van der Waals surface area contributed by atoms with E-state index < -0.39 is 8.07 Å². The monoisotopic (exact) mass is 582 g/mol. The van der Waals surface area contributed by atoms with Crippen LogP contribution in [0.2, 0.25) is 25.7 Å². The van der Waals surface area contributed by atoms with Crippen LogP contribution in [-0.2, 0) is 11.2 Å². The van der Waals surface area contributed by atoms with E-state index in [1.807, 2.05) is 12.4 Å². The van der Waals surface area contributed by atoms with Gasteiger partial charge in [0.1, 0.15) is 6.73 Å². The molecule has 2 heterocycles. The number of nitrogens with one attached hydrogen (secondary N) is 2. The van der Waals surface area contributed by atoms with Crippen LogP contribution in [0.25, 0.3) is 5.57 Å². The van der Waals surface area contributed by atoms with Crippen molar-refractivity contribution in [3.05, 3.63) is 69.6 Å². The maximum Gasteiger partial charge on any atom is 0.116 e. The standard InChI is InChI=1S/C30H43BrN4OSi/c1-21-6-9-27(14-21)35-22(2)15-24-16-23(25(17-32)18-33-20-36-12-13-37(3,4)5)7-10-28(24)30(35)29-11-8-26(31)19-34-29/h7-8,10-11,16-19,21-22,27,30,32-33H,6,9,12-15,20H2,1-5H3/b25-18+,32-17?/t21?,22-,27?,30+/m1/s1. The van der Waals surface area contributed by atoms with Crippen LogP contribution in [0.4, 0.5) is 0 Å². The van der Waals surface area contributed by atoms with Crippen molar-refractivity contribution in [2.45, 2.75) is 83.3 Å². The Kier molecular flexibility index (Phi) is 9.43. The first kappa shape index (κ1) is 28.2. The fourth-order valence-corrected chi connectivity index (χ4v) is 6.81. The Bertz CT molecular complexity index is 1100. The van der Waals surface area contributed by atoms with Gasteiger partial charge >= 0.3 is 0 Å². The lowest BCUT2D eigenvalue weighted by Crippen LogP contribution is -2.48. The van der Waals surface area contributed by atoms with Gasteiger partial charge in [0.15, 0.2) is 0 Å². The number of fused-ring (bicyclic) bond motifs is 1. The summed E-state index contributed by atoms with van der Waals surface area (Å²) in [5, 5.41) is 11.3. The van der Waals surface area contributed by atoms with Crippen LogP contribution in [0.15, 0.2) is 47.2 Å². The quantitative estimate of drug-likeness (QED) is 0.134. The molecule has 0 amide bonds. The van der Waals surface area contributed by atoms with Crippen molar-refractivity contribution >= 4 is 35.8 Å². The average Bonchev–Trinajstić information content (AvgIpc) is 3.28. The summed E-state index contributed by atoms with van der Waals surface area (Å²) in [7, 11) is -1.08. The summed E-state index contributed by atoms with van der Waals surface area (Å²) in [5.74, 6) is 0.784. The lowest BCUT2D eigenvalue weighted by atomic mass is 9.83. The zero-order valence-electron chi connectivity index (χ0n) is 23.1. The summed E-state index contributed by atoms with van der Waals surface area (Å²) in [6, 6.07) is 13.3. The number of benzene rings is 1. The number of rotatable bonds is 10. The summed E-state index contributed by atoms with van der Waals surface area (Å²) < 4.78 is 6.78. The number of allylic oxidation sites excluding steroid dienone is 1. The van der Waals surface area contributed by atoms with Gasteiger partial charge in [-0.3, -0.25) is 9.88 Å². The van der Waals surface area contributed by atoms with Crippen molar-refractivity contribution < 1.29 is 4.74 Å². The van der Waals surface area contributed by atoms with Gasteiger partial charge < -0.3 is 15.5 Å². The van der Waals surface area contributed by atoms with E-state index in [1.165, 1.54) is 36.6 Å². The molecule has 2 unspecified atom stereocenters. The molecule has 37 heavy (non-hydrogen) atoms. The van der Waals surface area contributed by atoms with Crippen LogP contribution in [0, 0.1) is 11.3 Å². The fraction of sp³-hybridized carbons (Fsp3) is 0.533. The second-order valence-electron chi connectivity index (χ2n) is 12.1. The van der Waals surface area contributed by atoms with E-state index in [9.17, 15) is 0 Å². The molecule has 1 fully saturated rings. The highest BCUT2D eigenvalue weighted by Crippen LogP contribution is 2.43. The second kappa shape index (κ2) is 12.4. The Labute approximate surface area is 232 Å². The Hall–Kier alpha value is -1.80. The number of pyridine rings is 1. The molecule has 0 radical (unpaired) electrons. The lowest BCUT2D eigenvalue weighted by Gasteiger charge is -2.45. The summed E-state index contributed by atoms with van der Waals surface area (Å²) in [6.45, 7) is 13.1. The van der Waals surface area contributed by atoms with Gasteiger partial charge in [-0.25, -0.2) is 0 Å². The molecule has 200 valence electrons. The molecule has 0 bridgehead atoms. The van der Waals surface area contributed by atoms with Crippen LogP contribution >= 0.6 is 15.9 Å². The Balaban J connectivity index is 1.57. The van der Waals surface area contributed by atoms with E-state index in [0.29, 0.717) is 18.8 Å². The molecular formula is C30H43BrN4OSi. The highest BCUT2D eigenvalue weighted by Gasteiger charge is 2.40. The van der Waals surface area contributed by atoms with E-state index in [0.717, 1.165) is 46.3 Å². The predicted molar refractivity (Wildman–Crippen MR) is 161 cm³/mol. The van der Waals surface area contributed by atoms with E-state index in [-0.39, 0.29) is 6.04 Å². The minimum atomic E-state index is -1.08. The number of halogens is 1. The summed E-state index contributed by atoms with van der Waals surface area (Å²) in [5.41, 5.74) is 5.77. The molecule has 1 aliphatic heterocycles. The molecule has 5 nitrogen and oxygen atoms in total. The lowest BCUT2D eigenvalue weighted by molar-refractivity contribution is 0.0910. The highest BCUT2D eigenvalue weighted by molar-refractivity contribution is 9.10. The van der Waals surface area contributed by atoms with Gasteiger partial charge in [-0.1, -0.05) is 44.8 Å². The normalized spacial score (nSPS) is 24.6. The number of hydrogen-bond donors (Lipinski definition) is 2. The van der Waals surface area contributed by atoms with Gasteiger partial charge in [-0.2, -0.15) is 0 Å². The zero-order valence-corrected chi connectivity index (χ0v) is 25.6. The predicted octanol–water partition coefficient (Wildman–Crippen LogP) is 7.26. The van der Waals surface area contributed by atoms with Gasteiger partial charge in [0.25, 0.3) is 0 Å². The van der Waals surface area contributed by atoms with Crippen molar-refractivity contribution in [2.75, 3.05) is 13.3 Å². The van der Waals surface area contributed by atoms with Crippen molar-refractivity contribution in [2.24, 2.45) is 5.92 Å². The third kappa shape index (κ3) is 7.19. The van der Waals surface area contributed by atoms with E-state index in [2.05, 4.69) is 90.0 Å². The van der Waals surface area contributed by atoms with Crippen LogP contribution in [0.3, 0.4) is 0 Å². The summed E-state index contributed by atoms with van der Waals surface area (Å²) >= 11 is 3.56. The smallest absolute Gasteiger partial charge is 0.116 e. The molecule has 7 heteroatoms. The van der Waals surface area contributed by atoms with Crippen LogP contribution in [-0.4, -0.2) is 49.6 Å². The molecular weight excluding hydrogens is 540 g/mol. The molecule has 0 spiro atoms. The molecule has 1 aromatic heterocycles. The zero-order chi connectivity index (χ0) is 26.6. The Morgan fingerprint density at radius 2 is 2.03 bits per heavy atom. The first-order chi connectivity index (χ1) is 17.7. The van der Waals surface area contributed by atoms with Crippen LogP contribution < -0.4 is 5.32 Å². The maximum absolute atomic E-state index is 8.04. The van der Waals surface area contributed by atoms with Crippen molar-refractivity contribution in [1.29, 1.82) is 5.41 Å². The molecule has 1 aliphatic carbocycles. The highest BCUT2D eigenvalue weighted by atomic mass is 79.9. The molecule has 2 aliphatic rings. The van der Waals surface area contributed by atoms with Crippen molar-refractivity contribution in [3.63, 3.8) is 0 Å². The van der Waals surface area contributed by atoms with E-state index >= 15 is 0 Å². The number of ether oxygens (including phenoxy) is 1. The topological polar surface area (TPSA) is 61.2 Å². The van der Waals surface area contributed by atoms with Crippen molar-refractivity contribution in [1.82, 2.24) is 15.2 Å². The first-order valence-corrected chi connectivity index (χ1v) is 18.2. The van der Waals surface area contributed by atoms with Crippen LogP contribution in [0.5, 0.6) is 0 Å². The number of hydrogen-bond acceptors (Lipinski definition) is 5. The summed E-state index contributed by atoms with van der Waals surface area (Å²) in [6.07, 6.45) is 10.1. The molecule has 4 atom stereocenters. The molecule has 2 N–H and O–H groups in total. The fourth-order valence-electron chi connectivity index (χ4n) is 5.82. The largest absolute Gasteiger partial charge is 0.368 e. The molecule has 1 aromatic carbocycles. The SMILES string of the molecule is CC1CCC(N2[C@H](c3ccc(Br)cn3)c3ccc(/C(C=N)=C/NCOCC[Si](C)(C)C)cc3C[C@H]2C)C1. The first-order valence-electron chi connectivity index (χ1n) is 13.7. The third-order valence-electron chi connectivity index (χ3n) is 7.81. The van der Waals surface area contributed by atoms with Gasteiger partial charge in [0.05, 0.1) is 11.7 Å². The molecule has 0 saturated heterocycles. The second-order valence-corrected chi connectivity index (χ2v) is 18.6. The van der Waals surface area contributed by atoms with Crippen LogP contribution in [0.1, 0.15) is 61.5 Å². The van der Waals surface area contributed by atoms with Crippen molar-refractivity contribution in [3.8, 4) is 0 Å². The summed E-state index contributed by atoms with van der Waals surface area (Å²) in [4.78, 5) is 7.62. The van der Waals surface area contributed by atoms with Gasteiger partial charge in [0, 0.05) is 55.4 Å². The van der Waals surface area contributed by atoms with E-state index in [4.69, 9.17) is 15.1 Å². The number of aromatic nitrogens is 1.